The smallest absolute Gasteiger partial charge is 0.224 e. The number of ketones is 1. The van der Waals surface area contributed by atoms with Gasteiger partial charge in [-0.3, -0.25) is 9.59 Å². The summed E-state index contributed by atoms with van der Waals surface area (Å²) < 4.78 is 1.47. The zero-order valence-corrected chi connectivity index (χ0v) is 14.4. The number of aryl methyl sites for hydroxylation is 1. The van der Waals surface area contributed by atoms with Gasteiger partial charge in [-0.05, 0) is 36.8 Å². The van der Waals surface area contributed by atoms with E-state index in [1.54, 1.807) is 12.1 Å². The van der Waals surface area contributed by atoms with Crippen molar-refractivity contribution in [2.75, 3.05) is 5.32 Å². The molecule has 1 amide bonds. The van der Waals surface area contributed by atoms with E-state index in [2.05, 4.69) is 21.2 Å². The van der Waals surface area contributed by atoms with Crippen molar-refractivity contribution >= 4 is 56.2 Å². The van der Waals surface area contributed by atoms with Crippen LogP contribution in [0.4, 0.5) is 5.69 Å². The molecule has 0 aliphatic carbocycles. The lowest BCUT2D eigenvalue weighted by atomic mass is 10.1. The summed E-state index contributed by atoms with van der Waals surface area (Å²) in [6.45, 7) is 1.92. The fraction of sp³-hybridized carbons (Fsp3) is 0.200. The van der Waals surface area contributed by atoms with Crippen LogP contribution in [0.2, 0.25) is 4.34 Å². The van der Waals surface area contributed by atoms with Crippen LogP contribution in [0.1, 0.15) is 28.1 Å². The van der Waals surface area contributed by atoms with Crippen molar-refractivity contribution in [3.63, 3.8) is 0 Å². The summed E-state index contributed by atoms with van der Waals surface area (Å²) in [6.07, 6.45) is 0.329. The van der Waals surface area contributed by atoms with Crippen molar-refractivity contribution in [2.24, 2.45) is 0 Å². The molecule has 0 saturated heterocycles. The van der Waals surface area contributed by atoms with Crippen LogP contribution in [0.25, 0.3) is 0 Å². The number of benzene rings is 1. The summed E-state index contributed by atoms with van der Waals surface area (Å²) >= 11 is 10.4. The summed E-state index contributed by atoms with van der Waals surface area (Å²) in [4.78, 5) is 24.4. The Kier molecular flexibility index (Phi) is 5.56. The average molecular weight is 387 g/mol. The van der Waals surface area contributed by atoms with E-state index >= 15 is 0 Å². The van der Waals surface area contributed by atoms with Gasteiger partial charge in [0, 0.05) is 23.0 Å². The van der Waals surface area contributed by atoms with Crippen molar-refractivity contribution in [3.8, 4) is 0 Å². The molecule has 0 radical (unpaired) electrons. The number of halogens is 2. The molecule has 21 heavy (non-hydrogen) atoms. The van der Waals surface area contributed by atoms with Gasteiger partial charge in [0.2, 0.25) is 5.91 Å². The Hall–Kier alpha value is -1.17. The quantitative estimate of drug-likeness (QED) is 0.729. The molecule has 1 N–H and O–H groups in total. The van der Waals surface area contributed by atoms with Gasteiger partial charge in [0.15, 0.2) is 5.78 Å². The molecule has 2 rings (SSSR count). The second-order valence-electron chi connectivity index (χ2n) is 4.53. The number of carbonyl (C=O) groups excluding carboxylic acids is 2. The molecule has 1 aromatic carbocycles. The molecule has 0 atom stereocenters. The number of hydrogen-bond donors (Lipinski definition) is 1. The molecule has 0 aliphatic rings. The van der Waals surface area contributed by atoms with Gasteiger partial charge in [0.25, 0.3) is 0 Å². The predicted molar refractivity (Wildman–Crippen MR) is 90.4 cm³/mol. The second-order valence-corrected chi connectivity index (χ2v) is 7.17. The predicted octanol–water partition coefficient (Wildman–Crippen LogP) is 5.07. The van der Waals surface area contributed by atoms with E-state index in [0.29, 0.717) is 9.21 Å². The van der Waals surface area contributed by atoms with E-state index in [1.165, 1.54) is 11.3 Å². The first kappa shape index (κ1) is 16.2. The Labute approximate surface area is 140 Å². The first-order valence-electron chi connectivity index (χ1n) is 6.30. The monoisotopic (exact) mass is 385 g/mol. The number of anilines is 1. The summed E-state index contributed by atoms with van der Waals surface area (Å²) in [6, 6.07) is 9.04. The molecular formula is C15H13BrClNO2S. The van der Waals surface area contributed by atoms with Crippen molar-refractivity contribution < 1.29 is 9.59 Å². The lowest BCUT2D eigenvalue weighted by Gasteiger charge is -2.08. The number of hydrogen-bond acceptors (Lipinski definition) is 3. The number of Topliss-reactive ketones (excluding diaryl/α,β-unsaturated/α-hetero) is 1. The lowest BCUT2D eigenvalue weighted by molar-refractivity contribution is -0.116. The van der Waals surface area contributed by atoms with Gasteiger partial charge in [0.1, 0.15) is 0 Å². The average Bonchev–Trinajstić information content (AvgIpc) is 2.87. The molecule has 1 heterocycles. The fourth-order valence-electron chi connectivity index (χ4n) is 1.76. The van der Waals surface area contributed by atoms with Crippen LogP contribution >= 0.6 is 38.9 Å². The summed E-state index contributed by atoms with van der Waals surface area (Å²) in [5.41, 5.74) is 1.73. The highest BCUT2D eigenvalue weighted by atomic mass is 79.9. The molecule has 2 aromatic rings. The van der Waals surface area contributed by atoms with Crippen LogP contribution in [0, 0.1) is 6.92 Å². The number of nitrogens with one attached hydrogen (secondary N) is 1. The molecule has 110 valence electrons. The van der Waals surface area contributed by atoms with E-state index in [-0.39, 0.29) is 24.5 Å². The van der Waals surface area contributed by atoms with Gasteiger partial charge in [-0.15, -0.1) is 11.3 Å². The maximum atomic E-state index is 11.9. The topological polar surface area (TPSA) is 46.2 Å². The van der Waals surface area contributed by atoms with E-state index in [0.717, 1.165) is 15.7 Å². The highest BCUT2D eigenvalue weighted by Crippen LogP contribution is 2.23. The first-order valence-corrected chi connectivity index (χ1v) is 8.29. The Morgan fingerprint density at radius 2 is 2.00 bits per heavy atom. The summed E-state index contributed by atoms with van der Waals surface area (Å²) in [5, 5.41) is 2.82. The van der Waals surface area contributed by atoms with Gasteiger partial charge in [0.05, 0.1) is 9.21 Å². The van der Waals surface area contributed by atoms with Crippen molar-refractivity contribution in [3.05, 3.63) is 49.6 Å². The Morgan fingerprint density at radius 1 is 1.24 bits per heavy atom. The van der Waals surface area contributed by atoms with Gasteiger partial charge >= 0.3 is 0 Å². The van der Waals surface area contributed by atoms with Crippen LogP contribution in [-0.4, -0.2) is 11.7 Å². The summed E-state index contributed by atoms with van der Waals surface area (Å²) in [5.74, 6) is -0.236. The highest BCUT2D eigenvalue weighted by molar-refractivity contribution is 9.10. The van der Waals surface area contributed by atoms with Crippen LogP contribution in [0.3, 0.4) is 0 Å². The van der Waals surface area contributed by atoms with Crippen molar-refractivity contribution in [1.29, 1.82) is 0 Å². The fourth-order valence-corrected chi connectivity index (χ4v) is 3.13. The largest absolute Gasteiger partial charge is 0.326 e. The number of rotatable bonds is 5. The van der Waals surface area contributed by atoms with Gasteiger partial charge < -0.3 is 5.32 Å². The molecule has 0 bridgehead atoms. The minimum absolute atomic E-state index is 0.0620. The van der Waals surface area contributed by atoms with Gasteiger partial charge in [-0.2, -0.15) is 0 Å². The Bertz CT molecular complexity index is 684. The molecule has 1 aromatic heterocycles. The molecular weight excluding hydrogens is 374 g/mol. The maximum Gasteiger partial charge on any atom is 0.224 e. The molecule has 0 spiro atoms. The van der Waals surface area contributed by atoms with Crippen molar-refractivity contribution in [1.82, 2.24) is 0 Å². The Morgan fingerprint density at radius 3 is 2.67 bits per heavy atom. The standard InChI is InChI=1S/C15H13BrClNO2S/c1-9-2-3-10(16)8-11(9)18-15(20)7-4-12(19)13-5-6-14(17)21-13/h2-3,5-6,8H,4,7H2,1H3,(H,18,20). The molecule has 0 aliphatic heterocycles. The van der Waals surface area contributed by atoms with Gasteiger partial charge in [-0.1, -0.05) is 33.6 Å². The normalized spacial score (nSPS) is 10.4. The minimum atomic E-state index is -0.174. The number of thiophene rings is 1. The van der Waals surface area contributed by atoms with Gasteiger partial charge in [-0.25, -0.2) is 0 Å². The zero-order chi connectivity index (χ0) is 15.4. The number of carbonyl (C=O) groups is 2. The van der Waals surface area contributed by atoms with E-state index in [4.69, 9.17) is 11.6 Å². The Balaban J connectivity index is 1.90. The highest BCUT2D eigenvalue weighted by Gasteiger charge is 2.12. The second kappa shape index (κ2) is 7.20. The zero-order valence-electron chi connectivity index (χ0n) is 11.3. The third kappa shape index (κ3) is 4.66. The lowest BCUT2D eigenvalue weighted by Crippen LogP contribution is -2.14. The first-order chi connectivity index (χ1) is 9.95. The SMILES string of the molecule is Cc1ccc(Br)cc1NC(=O)CCC(=O)c1ccc(Cl)s1. The molecule has 0 fully saturated rings. The third-order valence-corrected chi connectivity index (χ3v) is 4.67. The van der Waals surface area contributed by atoms with Crippen LogP contribution in [-0.2, 0) is 4.79 Å². The van der Waals surface area contributed by atoms with Crippen molar-refractivity contribution in [2.45, 2.75) is 19.8 Å². The maximum absolute atomic E-state index is 11.9. The van der Waals surface area contributed by atoms with E-state index < -0.39 is 0 Å². The third-order valence-electron chi connectivity index (χ3n) is 2.90. The number of amides is 1. The van der Waals surface area contributed by atoms with E-state index in [1.807, 2.05) is 25.1 Å². The molecule has 0 unspecified atom stereocenters. The summed E-state index contributed by atoms with van der Waals surface area (Å²) in [7, 11) is 0. The molecule has 6 heteroatoms. The van der Waals surface area contributed by atoms with Crippen LogP contribution in [0.5, 0.6) is 0 Å². The van der Waals surface area contributed by atoms with Crippen LogP contribution in [0.15, 0.2) is 34.8 Å². The van der Waals surface area contributed by atoms with Crippen LogP contribution < -0.4 is 5.32 Å². The molecule has 3 nitrogen and oxygen atoms in total. The molecule has 0 saturated carbocycles. The minimum Gasteiger partial charge on any atom is -0.326 e. The van der Waals surface area contributed by atoms with E-state index in [9.17, 15) is 9.59 Å².